The van der Waals surface area contributed by atoms with Crippen LogP contribution in [-0.2, 0) is 41.7 Å². The van der Waals surface area contributed by atoms with Crippen LogP contribution in [0.5, 0.6) is 0 Å². The lowest BCUT2D eigenvalue weighted by molar-refractivity contribution is -0.128. The highest BCUT2D eigenvalue weighted by atomic mass is 16.5. The molecule has 1 heterocycles. The van der Waals surface area contributed by atoms with Crippen LogP contribution in [0, 0.1) is 5.41 Å². The molecular formula is C21H37N5O6. The quantitative estimate of drug-likeness (QED) is 0.239. The third kappa shape index (κ3) is 13.9. The smallest absolute Gasteiger partial charge is 0.243 e. The van der Waals surface area contributed by atoms with Crippen LogP contribution in [-0.4, -0.2) is 86.1 Å². The minimum absolute atomic E-state index is 0.00878. The van der Waals surface area contributed by atoms with Gasteiger partial charge in [-0.15, -0.1) is 5.10 Å². The fraction of sp³-hybridized carbons (Fsp3) is 0.714. The third-order valence-electron chi connectivity index (χ3n) is 3.99. The summed E-state index contributed by atoms with van der Waals surface area (Å²) in [4.78, 5) is 22.6. The zero-order valence-corrected chi connectivity index (χ0v) is 19.4. The van der Waals surface area contributed by atoms with Crippen LogP contribution < -0.4 is 10.6 Å². The molecule has 32 heavy (non-hydrogen) atoms. The molecule has 0 aliphatic rings. The van der Waals surface area contributed by atoms with Gasteiger partial charge in [0.25, 0.3) is 0 Å². The molecule has 0 fully saturated rings. The van der Waals surface area contributed by atoms with E-state index in [0.717, 1.165) is 5.69 Å². The van der Waals surface area contributed by atoms with E-state index in [4.69, 9.17) is 18.9 Å². The molecule has 0 aromatic carbocycles. The Kier molecular flexibility index (Phi) is 14.1. The minimum atomic E-state index is -0.391. The maximum Gasteiger partial charge on any atom is 0.243 e. The van der Waals surface area contributed by atoms with E-state index in [0.29, 0.717) is 72.5 Å². The SMILES string of the molecule is C=CC(=O)NCCOCCOCc1cn(CCOCCOCCNC(=O)C(C)(C)C)nn1. The van der Waals surface area contributed by atoms with Crippen molar-refractivity contribution in [2.24, 2.45) is 5.41 Å². The molecular weight excluding hydrogens is 418 g/mol. The monoisotopic (exact) mass is 455 g/mol. The molecule has 0 saturated heterocycles. The van der Waals surface area contributed by atoms with Crippen molar-refractivity contribution in [3.8, 4) is 0 Å². The van der Waals surface area contributed by atoms with E-state index in [1.807, 2.05) is 27.0 Å². The second-order valence-electron chi connectivity index (χ2n) is 7.86. The fourth-order valence-corrected chi connectivity index (χ4v) is 2.21. The van der Waals surface area contributed by atoms with Gasteiger partial charge in [-0.1, -0.05) is 32.6 Å². The Labute approximate surface area is 189 Å². The van der Waals surface area contributed by atoms with Gasteiger partial charge in [0, 0.05) is 18.5 Å². The minimum Gasteiger partial charge on any atom is -0.377 e. The average Bonchev–Trinajstić information content (AvgIpc) is 3.20. The van der Waals surface area contributed by atoms with Crippen molar-refractivity contribution < 1.29 is 28.5 Å². The van der Waals surface area contributed by atoms with Crippen molar-refractivity contribution in [2.45, 2.75) is 33.9 Å². The summed E-state index contributed by atoms with van der Waals surface area (Å²) in [5.41, 5.74) is 0.334. The molecule has 1 aromatic heterocycles. The zero-order valence-electron chi connectivity index (χ0n) is 19.4. The third-order valence-corrected chi connectivity index (χ3v) is 3.99. The van der Waals surface area contributed by atoms with Crippen LogP contribution in [0.15, 0.2) is 18.9 Å². The van der Waals surface area contributed by atoms with E-state index in [-0.39, 0.29) is 11.8 Å². The van der Waals surface area contributed by atoms with E-state index in [1.165, 1.54) is 6.08 Å². The molecule has 0 atom stereocenters. The summed E-state index contributed by atoms with van der Waals surface area (Å²) in [5, 5.41) is 13.5. The second kappa shape index (κ2) is 16.3. The largest absolute Gasteiger partial charge is 0.377 e. The maximum atomic E-state index is 11.7. The topological polar surface area (TPSA) is 126 Å². The molecule has 0 radical (unpaired) electrons. The van der Waals surface area contributed by atoms with Crippen LogP contribution in [0.25, 0.3) is 0 Å². The molecule has 11 nitrogen and oxygen atoms in total. The molecule has 0 bridgehead atoms. The van der Waals surface area contributed by atoms with Crippen LogP contribution >= 0.6 is 0 Å². The Balaban J connectivity index is 1.94. The number of hydrogen-bond acceptors (Lipinski definition) is 8. The summed E-state index contributed by atoms with van der Waals surface area (Å²) in [7, 11) is 0. The molecule has 0 aliphatic carbocycles. The van der Waals surface area contributed by atoms with E-state index in [1.54, 1.807) is 4.68 Å². The Morgan fingerprint density at radius 3 is 2.19 bits per heavy atom. The van der Waals surface area contributed by atoms with Gasteiger partial charge in [-0.25, -0.2) is 4.68 Å². The van der Waals surface area contributed by atoms with E-state index in [2.05, 4.69) is 27.5 Å². The van der Waals surface area contributed by atoms with E-state index >= 15 is 0 Å². The van der Waals surface area contributed by atoms with Gasteiger partial charge in [-0.05, 0) is 6.08 Å². The summed E-state index contributed by atoms with van der Waals surface area (Å²) in [6, 6.07) is 0. The Bertz CT molecular complexity index is 674. The van der Waals surface area contributed by atoms with Gasteiger partial charge in [-0.3, -0.25) is 9.59 Å². The first-order valence-corrected chi connectivity index (χ1v) is 10.7. The Morgan fingerprint density at radius 2 is 1.56 bits per heavy atom. The summed E-state index contributed by atoms with van der Waals surface area (Å²) in [6.45, 7) is 14.0. The van der Waals surface area contributed by atoms with Crippen molar-refractivity contribution in [3.63, 3.8) is 0 Å². The van der Waals surface area contributed by atoms with Gasteiger partial charge in [0.2, 0.25) is 11.8 Å². The number of carbonyl (C=O) groups excluding carboxylic acids is 2. The summed E-state index contributed by atoms with van der Waals surface area (Å²) < 4.78 is 23.5. The van der Waals surface area contributed by atoms with Crippen molar-refractivity contribution in [2.75, 3.05) is 59.3 Å². The van der Waals surface area contributed by atoms with Gasteiger partial charge in [-0.2, -0.15) is 0 Å². The number of amides is 2. The van der Waals surface area contributed by atoms with Crippen LogP contribution in [0.2, 0.25) is 0 Å². The molecule has 2 N–H and O–H groups in total. The summed E-state index contributed by atoms with van der Waals surface area (Å²) >= 11 is 0. The van der Waals surface area contributed by atoms with Gasteiger partial charge in [0.05, 0.1) is 65.6 Å². The molecule has 1 aromatic rings. The normalized spacial score (nSPS) is 11.3. The first-order valence-electron chi connectivity index (χ1n) is 10.7. The Morgan fingerprint density at radius 1 is 0.969 bits per heavy atom. The van der Waals surface area contributed by atoms with Gasteiger partial charge >= 0.3 is 0 Å². The van der Waals surface area contributed by atoms with Gasteiger partial charge in [0.15, 0.2) is 0 Å². The summed E-state index contributed by atoms with van der Waals surface area (Å²) in [5.74, 6) is -0.209. The van der Waals surface area contributed by atoms with E-state index < -0.39 is 5.41 Å². The number of ether oxygens (including phenoxy) is 4. The number of nitrogens with zero attached hydrogens (tertiary/aromatic N) is 3. The Hall–Kier alpha value is -2.34. The van der Waals surface area contributed by atoms with Crippen molar-refractivity contribution in [3.05, 3.63) is 24.5 Å². The van der Waals surface area contributed by atoms with Crippen LogP contribution in [0.3, 0.4) is 0 Å². The van der Waals surface area contributed by atoms with Crippen molar-refractivity contribution in [1.29, 1.82) is 0 Å². The van der Waals surface area contributed by atoms with Gasteiger partial charge < -0.3 is 29.6 Å². The van der Waals surface area contributed by atoms with Crippen molar-refractivity contribution >= 4 is 11.8 Å². The van der Waals surface area contributed by atoms with Gasteiger partial charge in [0.1, 0.15) is 5.69 Å². The van der Waals surface area contributed by atoms with Crippen LogP contribution in [0.1, 0.15) is 26.5 Å². The molecule has 0 saturated carbocycles. The zero-order chi connectivity index (χ0) is 23.7. The molecule has 0 spiro atoms. The number of aromatic nitrogens is 3. The van der Waals surface area contributed by atoms with E-state index in [9.17, 15) is 9.59 Å². The fourth-order valence-electron chi connectivity index (χ4n) is 2.21. The van der Waals surface area contributed by atoms with Crippen molar-refractivity contribution in [1.82, 2.24) is 25.6 Å². The first kappa shape index (κ1) is 27.7. The lowest BCUT2D eigenvalue weighted by Gasteiger charge is -2.17. The predicted molar refractivity (Wildman–Crippen MR) is 118 cm³/mol. The standard InChI is InChI=1S/C21H37N5O6/c1-5-19(27)22-6-9-29-14-15-32-17-18-16-26(25-24-18)8-11-31-13-12-30-10-7-23-20(28)21(2,3)4/h5,16H,1,6-15,17H2,2-4H3,(H,22,27)(H,23,28). The molecule has 1 rings (SSSR count). The number of carbonyl (C=O) groups is 2. The highest BCUT2D eigenvalue weighted by Gasteiger charge is 2.20. The summed E-state index contributed by atoms with van der Waals surface area (Å²) in [6.07, 6.45) is 3.03. The van der Waals surface area contributed by atoms with Crippen LogP contribution in [0.4, 0.5) is 0 Å². The lowest BCUT2D eigenvalue weighted by atomic mass is 9.96. The first-order chi connectivity index (χ1) is 15.3. The molecule has 11 heteroatoms. The number of rotatable bonds is 18. The average molecular weight is 456 g/mol. The molecule has 2 amide bonds. The lowest BCUT2D eigenvalue weighted by Crippen LogP contribution is -2.36. The molecule has 182 valence electrons. The number of nitrogens with one attached hydrogen (secondary N) is 2. The maximum absolute atomic E-state index is 11.7. The molecule has 0 aliphatic heterocycles. The molecule has 0 unspecified atom stereocenters. The highest BCUT2D eigenvalue weighted by molar-refractivity contribution is 5.86. The second-order valence-corrected chi connectivity index (χ2v) is 7.86. The highest BCUT2D eigenvalue weighted by Crippen LogP contribution is 2.11. The predicted octanol–water partition coefficient (Wildman–Crippen LogP) is 0.309. The number of hydrogen-bond donors (Lipinski definition) is 2.